The van der Waals surface area contributed by atoms with E-state index in [1.165, 1.54) is 12.4 Å². The fourth-order valence-corrected chi connectivity index (χ4v) is 2.39. The standard InChI is InChI=1S/C20H18N2O4/c1-3-25-19(23)11-9-14-8-10-17(18(12-14)24-2)26-20-15-6-4-5-7-16(15)21-13-22-20/h4-13H,3H2,1-2H3. The molecule has 1 heterocycles. The van der Waals surface area contributed by atoms with Gasteiger partial charge in [0.25, 0.3) is 0 Å². The number of fused-ring (bicyclic) bond motifs is 1. The first-order valence-corrected chi connectivity index (χ1v) is 8.11. The molecule has 3 aromatic rings. The topological polar surface area (TPSA) is 70.5 Å². The van der Waals surface area contributed by atoms with Gasteiger partial charge in [-0.15, -0.1) is 0 Å². The SMILES string of the molecule is CCOC(=O)C=Cc1ccc(Oc2ncnc3ccccc23)c(OC)c1. The van der Waals surface area contributed by atoms with Crippen molar-refractivity contribution in [2.45, 2.75) is 6.92 Å². The van der Waals surface area contributed by atoms with E-state index in [1.54, 1.807) is 32.2 Å². The summed E-state index contributed by atoms with van der Waals surface area (Å²) >= 11 is 0. The molecule has 6 nitrogen and oxygen atoms in total. The summed E-state index contributed by atoms with van der Waals surface area (Å²) in [6, 6.07) is 13.0. The van der Waals surface area contributed by atoms with Crippen LogP contribution in [0.3, 0.4) is 0 Å². The number of methoxy groups -OCH3 is 1. The second-order valence-corrected chi connectivity index (χ2v) is 5.29. The molecule has 0 bridgehead atoms. The van der Waals surface area contributed by atoms with Crippen LogP contribution in [0.4, 0.5) is 0 Å². The minimum absolute atomic E-state index is 0.339. The predicted octanol–water partition coefficient (Wildman–Crippen LogP) is 4.01. The molecule has 0 unspecified atom stereocenters. The van der Waals surface area contributed by atoms with Gasteiger partial charge in [0.05, 0.1) is 24.6 Å². The largest absolute Gasteiger partial charge is 0.493 e. The number of carbonyl (C=O) groups excluding carboxylic acids is 1. The molecule has 0 amide bonds. The molecule has 0 fully saturated rings. The van der Waals surface area contributed by atoms with Gasteiger partial charge in [0.15, 0.2) is 11.5 Å². The normalized spacial score (nSPS) is 10.8. The number of para-hydroxylation sites is 1. The van der Waals surface area contributed by atoms with Gasteiger partial charge in [-0.3, -0.25) is 0 Å². The average molecular weight is 350 g/mol. The van der Waals surface area contributed by atoms with E-state index >= 15 is 0 Å². The molecule has 0 atom stereocenters. The van der Waals surface area contributed by atoms with Crippen molar-refractivity contribution in [1.29, 1.82) is 0 Å². The highest BCUT2D eigenvalue weighted by molar-refractivity contribution is 5.87. The fraction of sp³-hybridized carbons (Fsp3) is 0.150. The quantitative estimate of drug-likeness (QED) is 0.494. The van der Waals surface area contributed by atoms with Crippen LogP contribution >= 0.6 is 0 Å². The molecule has 26 heavy (non-hydrogen) atoms. The molecule has 1 aromatic heterocycles. The summed E-state index contributed by atoms with van der Waals surface area (Å²) in [6.45, 7) is 2.10. The molecule has 2 aromatic carbocycles. The number of carbonyl (C=O) groups is 1. The molecule has 0 aliphatic heterocycles. The molecule has 132 valence electrons. The van der Waals surface area contributed by atoms with E-state index in [4.69, 9.17) is 14.2 Å². The number of ether oxygens (including phenoxy) is 3. The van der Waals surface area contributed by atoms with Crippen molar-refractivity contribution in [1.82, 2.24) is 9.97 Å². The zero-order chi connectivity index (χ0) is 18.4. The number of hydrogen-bond acceptors (Lipinski definition) is 6. The van der Waals surface area contributed by atoms with Gasteiger partial charge in [0.1, 0.15) is 6.33 Å². The summed E-state index contributed by atoms with van der Waals surface area (Å²) in [4.78, 5) is 19.9. The van der Waals surface area contributed by atoms with Crippen LogP contribution in [0.5, 0.6) is 17.4 Å². The van der Waals surface area contributed by atoms with Gasteiger partial charge in [-0.1, -0.05) is 18.2 Å². The van der Waals surface area contributed by atoms with Gasteiger partial charge in [-0.25, -0.2) is 14.8 Å². The highest BCUT2D eigenvalue weighted by Crippen LogP contribution is 2.34. The predicted molar refractivity (Wildman–Crippen MR) is 98.3 cm³/mol. The van der Waals surface area contributed by atoms with Gasteiger partial charge < -0.3 is 14.2 Å². The van der Waals surface area contributed by atoms with Crippen molar-refractivity contribution in [3.8, 4) is 17.4 Å². The third-order valence-electron chi connectivity index (χ3n) is 3.60. The summed E-state index contributed by atoms with van der Waals surface area (Å²) in [5, 5.41) is 0.809. The van der Waals surface area contributed by atoms with E-state index in [9.17, 15) is 4.79 Å². The van der Waals surface area contributed by atoms with Crippen molar-refractivity contribution in [3.05, 3.63) is 60.4 Å². The molecule has 0 aliphatic rings. The number of hydrogen-bond donors (Lipinski definition) is 0. The molecular weight excluding hydrogens is 332 g/mol. The number of rotatable bonds is 6. The summed E-state index contributed by atoms with van der Waals surface area (Å²) in [5.41, 5.74) is 1.58. The van der Waals surface area contributed by atoms with Crippen molar-refractivity contribution in [3.63, 3.8) is 0 Å². The van der Waals surface area contributed by atoms with Gasteiger partial charge >= 0.3 is 5.97 Å². The smallest absolute Gasteiger partial charge is 0.330 e. The lowest BCUT2D eigenvalue weighted by molar-refractivity contribution is -0.137. The van der Waals surface area contributed by atoms with Crippen molar-refractivity contribution >= 4 is 22.9 Å². The first-order chi connectivity index (χ1) is 12.7. The van der Waals surface area contributed by atoms with Crippen molar-refractivity contribution < 1.29 is 19.0 Å². The van der Waals surface area contributed by atoms with Crippen molar-refractivity contribution in [2.24, 2.45) is 0 Å². The van der Waals surface area contributed by atoms with Crippen LogP contribution < -0.4 is 9.47 Å². The monoisotopic (exact) mass is 350 g/mol. The van der Waals surface area contributed by atoms with E-state index < -0.39 is 0 Å². The van der Waals surface area contributed by atoms with E-state index in [-0.39, 0.29) is 5.97 Å². The maximum atomic E-state index is 11.4. The minimum Gasteiger partial charge on any atom is -0.493 e. The molecule has 0 N–H and O–H groups in total. The lowest BCUT2D eigenvalue weighted by atomic mass is 10.2. The molecule has 6 heteroatoms. The Bertz CT molecular complexity index is 948. The summed E-state index contributed by atoms with van der Waals surface area (Å²) in [6.07, 6.45) is 4.49. The minimum atomic E-state index is -0.390. The second-order valence-electron chi connectivity index (χ2n) is 5.29. The molecular formula is C20H18N2O4. The lowest BCUT2D eigenvalue weighted by Crippen LogP contribution is -1.98. The van der Waals surface area contributed by atoms with Crippen LogP contribution in [-0.2, 0) is 9.53 Å². The van der Waals surface area contributed by atoms with E-state index in [1.807, 2.05) is 30.3 Å². The Labute approximate surface area is 151 Å². The molecule has 0 radical (unpaired) electrons. The highest BCUT2D eigenvalue weighted by atomic mass is 16.5. The van der Waals surface area contributed by atoms with Crippen LogP contribution in [0.1, 0.15) is 12.5 Å². The average Bonchev–Trinajstić information content (AvgIpc) is 2.67. The molecule has 0 saturated heterocycles. The van der Waals surface area contributed by atoms with E-state index in [2.05, 4.69) is 9.97 Å². The first-order valence-electron chi connectivity index (χ1n) is 8.11. The Balaban J connectivity index is 1.87. The van der Waals surface area contributed by atoms with Crippen LogP contribution in [0, 0.1) is 0 Å². The van der Waals surface area contributed by atoms with Gasteiger partial charge in [0, 0.05) is 6.08 Å². The molecule has 0 saturated carbocycles. The number of esters is 1. The zero-order valence-electron chi connectivity index (χ0n) is 14.5. The second kappa shape index (κ2) is 8.11. The lowest BCUT2D eigenvalue weighted by Gasteiger charge is -2.11. The van der Waals surface area contributed by atoms with Crippen LogP contribution in [-0.4, -0.2) is 29.7 Å². The highest BCUT2D eigenvalue weighted by Gasteiger charge is 2.10. The van der Waals surface area contributed by atoms with Gasteiger partial charge in [-0.2, -0.15) is 0 Å². The summed E-state index contributed by atoms with van der Waals surface area (Å²) < 4.78 is 16.2. The Hall–Kier alpha value is -3.41. The molecule has 3 rings (SSSR count). The number of nitrogens with zero attached hydrogens (tertiary/aromatic N) is 2. The fourth-order valence-electron chi connectivity index (χ4n) is 2.39. The van der Waals surface area contributed by atoms with Gasteiger partial charge in [0.2, 0.25) is 5.88 Å². The van der Waals surface area contributed by atoms with E-state index in [0.29, 0.717) is 24.0 Å². The Morgan fingerprint density at radius 1 is 1.12 bits per heavy atom. The number of benzene rings is 2. The molecule has 0 spiro atoms. The van der Waals surface area contributed by atoms with E-state index in [0.717, 1.165) is 16.5 Å². The van der Waals surface area contributed by atoms with Crippen LogP contribution in [0.25, 0.3) is 17.0 Å². The number of aromatic nitrogens is 2. The first kappa shape index (κ1) is 17.4. The Kier molecular flexibility index (Phi) is 5.43. The third kappa shape index (κ3) is 3.97. The Morgan fingerprint density at radius 3 is 2.77 bits per heavy atom. The van der Waals surface area contributed by atoms with Crippen molar-refractivity contribution in [2.75, 3.05) is 13.7 Å². The van der Waals surface area contributed by atoms with Gasteiger partial charge in [-0.05, 0) is 42.8 Å². The Morgan fingerprint density at radius 2 is 1.96 bits per heavy atom. The maximum Gasteiger partial charge on any atom is 0.330 e. The third-order valence-corrected chi connectivity index (χ3v) is 3.60. The summed E-state index contributed by atoms with van der Waals surface area (Å²) in [5.74, 6) is 1.10. The summed E-state index contributed by atoms with van der Waals surface area (Å²) in [7, 11) is 1.55. The van der Waals surface area contributed by atoms with Crippen LogP contribution in [0.15, 0.2) is 54.9 Å². The maximum absolute atomic E-state index is 11.4. The van der Waals surface area contributed by atoms with Crippen LogP contribution in [0.2, 0.25) is 0 Å². The zero-order valence-corrected chi connectivity index (χ0v) is 14.5. The molecule has 0 aliphatic carbocycles.